The van der Waals surface area contributed by atoms with Crippen LogP contribution in [0.25, 0.3) is 0 Å². The number of nitriles is 1. The maximum atomic E-state index is 8.83. The summed E-state index contributed by atoms with van der Waals surface area (Å²) < 4.78 is 0. The molecule has 2 aromatic rings. The first-order valence-electron chi connectivity index (χ1n) is 4.53. The van der Waals surface area contributed by atoms with Gasteiger partial charge in [0.2, 0.25) is 0 Å². The first kappa shape index (κ1) is 10.4. The van der Waals surface area contributed by atoms with Gasteiger partial charge in [0, 0.05) is 23.1 Å². The standard InChI is InChI=1S/C11H7ClN4/c12-8-1-3-9(4-2-8)16-11-10(7-13)14-5-6-15-11/h1-6H,(H,15,16). The molecule has 0 spiro atoms. The van der Waals surface area contributed by atoms with Gasteiger partial charge in [0.05, 0.1) is 0 Å². The molecule has 4 nitrogen and oxygen atoms in total. The molecule has 5 heteroatoms. The molecule has 0 fully saturated rings. The van der Waals surface area contributed by atoms with E-state index in [1.807, 2.05) is 6.07 Å². The van der Waals surface area contributed by atoms with E-state index in [-0.39, 0.29) is 5.69 Å². The summed E-state index contributed by atoms with van der Waals surface area (Å²) in [6.45, 7) is 0. The monoisotopic (exact) mass is 230 g/mol. The summed E-state index contributed by atoms with van der Waals surface area (Å²) >= 11 is 5.77. The van der Waals surface area contributed by atoms with Gasteiger partial charge in [-0.1, -0.05) is 11.6 Å². The summed E-state index contributed by atoms with van der Waals surface area (Å²) in [6.07, 6.45) is 3.00. The summed E-state index contributed by atoms with van der Waals surface area (Å²) in [5, 5.41) is 12.5. The number of anilines is 2. The molecule has 0 unspecified atom stereocenters. The van der Waals surface area contributed by atoms with Crippen molar-refractivity contribution in [2.24, 2.45) is 0 Å². The smallest absolute Gasteiger partial charge is 0.183 e. The molecular formula is C11H7ClN4. The van der Waals surface area contributed by atoms with Gasteiger partial charge in [0.1, 0.15) is 6.07 Å². The number of hydrogen-bond acceptors (Lipinski definition) is 4. The minimum Gasteiger partial charge on any atom is -0.338 e. The van der Waals surface area contributed by atoms with Gasteiger partial charge in [-0.25, -0.2) is 9.97 Å². The highest BCUT2D eigenvalue weighted by molar-refractivity contribution is 6.30. The van der Waals surface area contributed by atoms with Crippen LogP contribution in [0.4, 0.5) is 11.5 Å². The lowest BCUT2D eigenvalue weighted by atomic mass is 10.3. The van der Waals surface area contributed by atoms with Crippen molar-refractivity contribution < 1.29 is 0 Å². The fourth-order valence-corrected chi connectivity index (χ4v) is 1.31. The average molecular weight is 231 g/mol. The molecule has 16 heavy (non-hydrogen) atoms. The van der Waals surface area contributed by atoms with Crippen molar-refractivity contribution in [3.63, 3.8) is 0 Å². The van der Waals surface area contributed by atoms with Gasteiger partial charge in [-0.15, -0.1) is 0 Å². The number of halogens is 1. The van der Waals surface area contributed by atoms with Gasteiger partial charge < -0.3 is 5.32 Å². The minimum atomic E-state index is 0.262. The summed E-state index contributed by atoms with van der Waals surface area (Å²) in [7, 11) is 0. The second-order valence-electron chi connectivity index (χ2n) is 3.00. The van der Waals surface area contributed by atoms with Crippen LogP contribution in [0.3, 0.4) is 0 Å². The first-order valence-corrected chi connectivity index (χ1v) is 4.91. The molecule has 0 saturated carbocycles. The Morgan fingerprint density at radius 3 is 2.50 bits per heavy atom. The highest BCUT2D eigenvalue weighted by atomic mass is 35.5. The van der Waals surface area contributed by atoms with Gasteiger partial charge in [-0.05, 0) is 24.3 Å². The SMILES string of the molecule is N#Cc1nccnc1Nc1ccc(Cl)cc1. The molecule has 1 aromatic carbocycles. The molecule has 0 aliphatic carbocycles. The average Bonchev–Trinajstić information content (AvgIpc) is 2.33. The zero-order valence-electron chi connectivity index (χ0n) is 8.18. The van der Waals surface area contributed by atoms with Crippen LogP contribution in [-0.2, 0) is 0 Å². The van der Waals surface area contributed by atoms with Crippen LogP contribution in [0.1, 0.15) is 5.69 Å². The first-order chi connectivity index (χ1) is 7.79. The van der Waals surface area contributed by atoms with E-state index in [9.17, 15) is 0 Å². The number of hydrogen-bond donors (Lipinski definition) is 1. The van der Waals surface area contributed by atoms with E-state index in [1.54, 1.807) is 24.3 Å². The lowest BCUT2D eigenvalue weighted by Crippen LogP contribution is -1.98. The molecule has 1 aromatic heterocycles. The van der Waals surface area contributed by atoms with Gasteiger partial charge in [0.25, 0.3) is 0 Å². The minimum absolute atomic E-state index is 0.262. The predicted octanol–water partition coefficient (Wildman–Crippen LogP) is 2.75. The highest BCUT2D eigenvalue weighted by Crippen LogP contribution is 2.18. The van der Waals surface area contributed by atoms with Crippen molar-refractivity contribution in [1.29, 1.82) is 5.26 Å². The van der Waals surface area contributed by atoms with Crippen LogP contribution in [-0.4, -0.2) is 9.97 Å². The second-order valence-corrected chi connectivity index (χ2v) is 3.43. The maximum Gasteiger partial charge on any atom is 0.183 e. The van der Waals surface area contributed by atoms with E-state index < -0.39 is 0 Å². The van der Waals surface area contributed by atoms with Crippen LogP contribution >= 0.6 is 11.6 Å². The molecule has 0 amide bonds. The fourth-order valence-electron chi connectivity index (χ4n) is 1.18. The summed E-state index contributed by atoms with van der Waals surface area (Å²) in [5.41, 5.74) is 1.07. The molecule has 2 rings (SSSR count). The van der Waals surface area contributed by atoms with Crippen LogP contribution in [0, 0.1) is 11.3 Å². The van der Waals surface area contributed by atoms with Gasteiger partial charge >= 0.3 is 0 Å². The van der Waals surface area contributed by atoms with E-state index in [0.717, 1.165) is 5.69 Å². The van der Waals surface area contributed by atoms with Crippen molar-refractivity contribution in [1.82, 2.24) is 9.97 Å². The summed E-state index contributed by atoms with van der Waals surface area (Å²) in [4.78, 5) is 7.94. The Bertz CT molecular complexity index is 530. The third kappa shape index (κ3) is 2.27. The molecule has 1 heterocycles. The van der Waals surface area contributed by atoms with Crippen molar-refractivity contribution in [3.8, 4) is 6.07 Å². The molecule has 78 valence electrons. The second kappa shape index (κ2) is 4.60. The van der Waals surface area contributed by atoms with Crippen molar-refractivity contribution in [3.05, 3.63) is 47.4 Å². The van der Waals surface area contributed by atoms with Crippen LogP contribution < -0.4 is 5.32 Å². The molecule has 1 N–H and O–H groups in total. The fraction of sp³-hybridized carbons (Fsp3) is 0. The normalized spacial score (nSPS) is 9.50. The lowest BCUT2D eigenvalue weighted by molar-refractivity contribution is 1.16. The van der Waals surface area contributed by atoms with Crippen molar-refractivity contribution >= 4 is 23.1 Å². The number of nitrogens with one attached hydrogen (secondary N) is 1. The van der Waals surface area contributed by atoms with E-state index in [4.69, 9.17) is 16.9 Å². The number of rotatable bonds is 2. The molecule has 0 bridgehead atoms. The van der Waals surface area contributed by atoms with E-state index in [1.165, 1.54) is 12.4 Å². The van der Waals surface area contributed by atoms with Crippen molar-refractivity contribution in [2.75, 3.05) is 5.32 Å². The van der Waals surface area contributed by atoms with Crippen molar-refractivity contribution in [2.45, 2.75) is 0 Å². The lowest BCUT2D eigenvalue weighted by Gasteiger charge is -2.05. The molecule has 0 saturated heterocycles. The van der Waals surface area contributed by atoms with E-state index in [0.29, 0.717) is 10.8 Å². The third-order valence-electron chi connectivity index (χ3n) is 1.91. The van der Waals surface area contributed by atoms with E-state index >= 15 is 0 Å². The van der Waals surface area contributed by atoms with Crippen LogP contribution in [0.15, 0.2) is 36.7 Å². The van der Waals surface area contributed by atoms with Gasteiger partial charge in [0.15, 0.2) is 11.5 Å². The zero-order valence-corrected chi connectivity index (χ0v) is 8.94. The molecule has 0 atom stereocenters. The van der Waals surface area contributed by atoms with Gasteiger partial charge in [-0.3, -0.25) is 0 Å². The largest absolute Gasteiger partial charge is 0.338 e. The summed E-state index contributed by atoms with van der Waals surface area (Å²) in [6, 6.07) is 9.09. The molecule has 0 aliphatic heterocycles. The molecular weight excluding hydrogens is 224 g/mol. The number of aromatic nitrogens is 2. The van der Waals surface area contributed by atoms with E-state index in [2.05, 4.69) is 15.3 Å². The Hall–Kier alpha value is -2.12. The predicted molar refractivity (Wildman–Crippen MR) is 61.5 cm³/mol. The number of benzene rings is 1. The third-order valence-corrected chi connectivity index (χ3v) is 2.16. The number of nitrogens with zero attached hydrogens (tertiary/aromatic N) is 3. The molecule has 0 aliphatic rings. The summed E-state index contributed by atoms with van der Waals surface area (Å²) in [5.74, 6) is 0.437. The zero-order chi connectivity index (χ0) is 11.4. The van der Waals surface area contributed by atoms with Crippen LogP contribution in [0.2, 0.25) is 5.02 Å². The van der Waals surface area contributed by atoms with Crippen LogP contribution in [0.5, 0.6) is 0 Å². The van der Waals surface area contributed by atoms with Gasteiger partial charge in [-0.2, -0.15) is 5.26 Å². The Balaban J connectivity index is 2.27. The topological polar surface area (TPSA) is 61.6 Å². The molecule has 0 radical (unpaired) electrons. The quantitative estimate of drug-likeness (QED) is 0.862. The Labute approximate surface area is 97.5 Å². The Morgan fingerprint density at radius 2 is 1.81 bits per heavy atom. The highest BCUT2D eigenvalue weighted by Gasteiger charge is 2.03. The Morgan fingerprint density at radius 1 is 1.12 bits per heavy atom. The maximum absolute atomic E-state index is 8.83. The Kier molecular flexibility index (Phi) is 2.99.